The van der Waals surface area contributed by atoms with Crippen molar-refractivity contribution in [1.82, 2.24) is 14.5 Å². The maximum Gasteiger partial charge on any atom is 0.160 e. The third kappa shape index (κ3) is 3.52. The predicted octanol–water partition coefficient (Wildman–Crippen LogP) is 2.95. The zero-order valence-corrected chi connectivity index (χ0v) is 27.2. The molecule has 0 bridgehead atoms. The Morgan fingerprint density at radius 1 is 0.644 bits per heavy atom. The van der Waals surface area contributed by atoms with E-state index < -0.39 is 0 Å². The number of fused-ring (bicyclic) bond motifs is 8. The Morgan fingerprint density at radius 3 is 2.20 bits per heavy atom. The van der Waals surface area contributed by atoms with Crippen LogP contribution in [0.3, 0.4) is 0 Å². The van der Waals surface area contributed by atoms with Crippen LogP contribution in [0.2, 0.25) is 0 Å². The van der Waals surface area contributed by atoms with Gasteiger partial charge in [-0.3, -0.25) is 0 Å². The predicted molar refractivity (Wildman–Crippen MR) is 205 cm³/mol. The van der Waals surface area contributed by atoms with Gasteiger partial charge >= 0.3 is 0 Å². The number of thiophene rings is 1. The average Bonchev–Trinajstić information content (AvgIpc) is 3.60. The molecule has 0 aliphatic carbocycles. The number of nitrogens with zero attached hydrogens (tertiary/aromatic N) is 3. The first kappa shape index (κ1) is 26.8. The van der Waals surface area contributed by atoms with Gasteiger partial charge < -0.3 is 4.57 Å². The topological polar surface area (TPSA) is 30.7 Å². The number of para-hydroxylation sites is 1. The minimum Gasteiger partial charge on any atom is -0.300 e. The summed E-state index contributed by atoms with van der Waals surface area (Å²) in [6.45, 7) is 4.73. The lowest BCUT2D eigenvalue weighted by atomic mass is 9.65. The van der Waals surface area contributed by atoms with Crippen LogP contribution in [-0.4, -0.2) is 45.9 Å². The van der Waals surface area contributed by atoms with Crippen LogP contribution in [0.25, 0.3) is 70.4 Å². The molecule has 3 aromatic heterocycles. The quantitative estimate of drug-likeness (QED) is 0.290. The molecule has 0 unspecified atom stereocenters. The molecular weight excluding hydrogens is 562 g/mol. The summed E-state index contributed by atoms with van der Waals surface area (Å²) in [4.78, 5) is 12.0. The summed E-state index contributed by atoms with van der Waals surface area (Å²) in [5, 5.41) is 5.19. The molecule has 8 aromatic rings. The summed E-state index contributed by atoms with van der Waals surface area (Å²) in [7, 11) is 8.85. The van der Waals surface area contributed by atoms with Gasteiger partial charge in [0.2, 0.25) is 0 Å². The molecule has 0 amide bonds. The molecule has 0 spiro atoms. The molecule has 1 aliphatic rings. The van der Waals surface area contributed by atoms with Crippen LogP contribution in [0.4, 0.5) is 0 Å². The Balaban J connectivity index is 1.34. The fourth-order valence-corrected chi connectivity index (χ4v) is 8.97. The van der Waals surface area contributed by atoms with Gasteiger partial charge in [0.1, 0.15) is 36.2 Å². The van der Waals surface area contributed by atoms with E-state index in [2.05, 4.69) is 141 Å². The lowest BCUT2D eigenvalue weighted by Gasteiger charge is -2.35. The minimum atomic E-state index is -0.198. The van der Waals surface area contributed by atoms with Gasteiger partial charge in [0.05, 0.1) is 22.4 Å². The summed E-state index contributed by atoms with van der Waals surface area (Å²) >= 11 is 1.89. The van der Waals surface area contributed by atoms with Crippen LogP contribution in [0.5, 0.6) is 0 Å². The molecule has 8 heteroatoms. The number of hydrogen-bond acceptors (Lipinski definition) is 3. The molecule has 45 heavy (non-hydrogen) atoms. The molecular formula is C37H29B4N3S. The molecule has 0 radical (unpaired) electrons. The molecule has 5 aromatic carbocycles. The molecule has 9 rings (SSSR count). The van der Waals surface area contributed by atoms with Crippen molar-refractivity contribution >= 4 is 107 Å². The third-order valence-corrected chi connectivity index (χ3v) is 11.7. The van der Waals surface area contributed by atoms with Crippen LogP contribution >= 0.6 is 11.3 Å². The summed E-state index contributed by atoms with van der Waals surface area (Å²) in [6, 6.07) is 33.1. The lowest BCUT2D eigenvalue weighted by molar-refractivity contribution is 0.630. The Hall–Kier alpha value is -4.54. The van der Waals surface area contributed by atoms with Crippen molar-refractivity contribution in [2.45, 2.75) is 19.3 Å². The van der Waals surface area contributed by atoms with Gasteiger partial charge in [0.25, 0.3) is 0 Å². The van der Waals surface area contributed by atoms with Crippen LogP contribution in [0.15, 0.2) is 91.0 Å². The SMILES string of the molecule is Bc1c(B)c(B)c2c(-c3ccccc3)nc(-c3ccc4c(c3)C(C)(C)c3cccc5c6c7ccccc7sc6n-4c35)nc2c1B. The van der Waals surface area contributed by atoms with E-state index in [1.54, 1.807) is 0 Å². The Morgan fingerprint density at radius 2 is 1.38 bits per heavy atom. The second kappa shape index (κ2) is 9.24. The van der Waals surface area contributed by atoms with Gasteiger partial charge in [-0.05, 0) is 35.4 Å². The number of rotatable bonds is 2. The van der Waals surface area contributed by atoms with Crippen molar-refractivity contribution in [1.29, 1.82) is 0 Å². The molecule has 0 N–H and O–H groups in total. The lowest BCUT2D eigenvalue weighted by Crippen LogP contribution is -2.48. The molecule has 0 fully saturated rings. The Labute approximate surface area is 270 Å². The molecule has 4 heterocycles. The fourth-order valence-electron chi connectivity index (χ4n) is 7.74. The highest BCUT2D eigenvalue weighted by Gasteiger charge is 2.36. The smallest absolute Gasteiger partial charge is 0.160 e. The van der Waals surface area contributed by atoms with Crippen LogP contribution in [0.1, 0.15) is 25.0 Å². The van der Waals surface area contributed by atoms with Crippen molar-refractivity contribution in [2.75, 3.05) is 0 Å². The van der Waals surface area contributed by atoms with E-state index >= 15 is 0 Å². The van der Waals surface area contributed by atoms with E-state index in [4.69, 9.17) is 9.97 Å². The molecule has 0 atom stereocenters. The zero-order valence-electron chi connectivity index (χ0n) is 26.4. The van der Waals surface area contributed by atoms with E-state index in [0.717, 1.165) is 33.5 Å². The van der Waals surface area contributed by atoms with Crippen molar-refractivity contribution < 1.29 is 0 Å². The van der Waals surface area contributed by atoms with Gasteiger partial charge in [-0.15, -0.1) is 16.8 Å². The van der Waals surface area contributed by atoms with Gasteiger partial charge in [-0.25, -0.2) is 9.97 Å². The second-order valence-corrected chi connectivity index (χ2v) is 14.2. The van der Waals surface area contributed by atoms with E-state index in [1.165, 1.54) is 69.9 Å². The van der Waals surface area contributed by atoms with Gasteiger partial charge in [-0.1, -0.05) is 97.0 Å². The highest BCUT2D eigenvalue weighted by Crippen LogP contribution is 2.51. The summed E-state index contributed by atoms with van der Waals surface area (Å²) < 4.78 is 3.85. The maximum absolute atomic E-state index is 5.35. The standard InChI is InChI=1S/C37H29B4N3S/c1-37(2)22-13-8-12-21-26-20-11-6-7-14-25(20)45-36(26)44(34(21)22)24-16-15-19(17-23(24)37)35-42-32(18-9-4-3-5-10-18)27-28(38)29(39)30(40)31(41)33(27)43-35/h3-17H,38-41H2,1-2H3. The first-order valence-electron chi connectivity index (χ1n) is 15.7. The van der Waals surface area contributed by atoms with E-state index in [9.17, 15) is 0 Å². The normalized spacial score (nSPS) is 13.6. The molecule has 1 aliphatic heterocycles. The summed E-state index contributed by atoms with van der Waals surface area (Å²) in [5.41, 5.74) is 14.3. The first-order valence-corrected chi connectivity index (χ1v) is 16.5. The van der Waals surface area contributed by atoms with E-state index in [-0.39, 0.29) is 5.41 Å². The molecule has 0 saturated heterocycles. The third-order valence-electron chi connectivity index (χ3n) is 10.5. The van der Waals surface area contributed by atoms with Crippen molar-refractivity contribution in [3.8, 4) is 28.3 Å². The van der Waals surface area contributed by atoms with Gasteiger partial charge in [-0.2, -0.15) is 0 Å². The number of aromatic nitrogens is 3. The van der Waals surface area contributed by atoms with Gasteiger partial charge in [0.15, 0.2) is 5.82 Å². The van der Waals surface area contributed by atoms with Crippen molar-refractivity contribution in [2.24, 2.45) is 0 Å². The Kier molecular flexibility index (Phi) is 5.51. The summed E-state index contributed by atoms with van der Waals surface area (Å²) in [5.74, 6) is 0.772. The minimum absolute atomic E-state index is 0.198. The zero-order chi connectivity index (χ0) is 30.8. The fraction of sp³-hybridized carbons (Fsp3) is 0.0811. The van der Waals surface area contributed by atoms with Crippen LogP contribution in [0, 0.1) is 0 Å². The summed E-state index contributed by atoms with van der Waals surface area (Å²) in [6.07, 6.45) is 0. The van der Waals surface area contributed by atoms with Crippen molar-refractivity contribution in [3.05, 3.63) is 102 Å². The number of benzene rings is 5. The van der Waals surface area contributed by atoms with Gasteiger partial charge in [0, 0.05) is 42.8 Å². The van der Waals surface area contributed by atoms with Crippen LogP contribution < -0.4 is 21.9 Å². The first-order chi connectivity index (χ1) is 21.8. The second-order valence-electron chi connectivity index (χ2n) is 13.2. The highest BCUT2D eigenvalue weighted by atomic mass is 32.1. The molecule has 3 nitrogen and oxygen atoms in total. The number of hydrogen-bond donors (Lipinski definition) is 0. The largest absolute Gasteiger partial charge is 0.300 e. The molecule has 0 saturated carbocycles. The van der Waals surface area contributed by atoms with E-state index in [1.807, 2.05) is 11.3 Å². The monoisotopic (exact) mass is 591 g/mol. The Bertz CT molecular complexity index is 2570. The maximum atomic E-state index is 5.35. The van der Waals surface area contributed by atoms with E-state index in [0.29, 0.717) is 0 Å². The average molecular weight is 591 g/mol. The van der Waals surface area contributed by atoms with Crippen molar-refractivity contribution in [3.63, 3.8) is 0 Å². The highest BCUT2D eigenvalue weighted by molar-refractivity contribution is 7.25. The molecule has 210 valence electrons. The van der Waals surface area contributed by atoms with Crippen LogP contribution in [-0.2, 0) is 5.41 Å².